The van der Waals surface area contributed by atoms with E-state index in [1.165, 1.54) is 0 Å². The Morgan fingerprint density at radius 1 is 1.14 bits per heavy atom. The number of nitrogens with zero attached hydrogens (tertiary/aromatic N) is 2. The summed E-state index contributed by atoms with van der Waals surface area (Å²) in [6.07, 6.45) is 1.57. The summed E-state index contributed by atoms with van der Waals surface area (Å²) in [5.41, 5.74) is 1.22. The highest BCUT2D eigenvalue weighted by molar-refractivity contribution is 5.92. The molecule has 0 spiro atoms. The van der Waals surface area contributed by atoms with Gasteiger partial charge in [0.05, 0.1) is 0 Å². The van der Waals surface area contributed by atoms with Gasteiger partial charge in [0.2, 0.25) is 0 Å². The van der Waals surface area contributed by atoms with Crippen LogP contribution in [0.1, 0.15) is 16.1 Å². The van der Waals surface area contributed by atoms with Crippen LogP contribution in [0.15, 0.2) is 54.7 Å². The number of hydrogen-bond donors (Lipinski definition) is 1. The summed E-state index contributed by atoms with van der Waals surface area (Å²) >= 11 is 0. The molecule has 0 saturated heterocycles. The van der Waals surface area contributed by atoms with Crippen LogP contribution in [-0.4, -0.2) is 21.0 Å². The zero-order valence-corrected chi connectivity index (χ0v) is 11.1. The maximum atomic E-state index is 11.3. The van der Waals surface area contributed by atoms with E-state index in [1.807, 2.05) is 36.4 Å². The molecule has 21 heavy (non-hydrogen) atoms. The number of carbonyl (C=O) groups is 1. The number of carboxylic acid groups (broad SMARTS) is 1. The van der Waals surface area contributed by atoms with E-state index in [0.717, 1.165) is 10.9 Å². The van der Waals surface area contributed by atoms with Crippen LogP contribution in [0, 0.1) is 0 Å². The third-order valence-electron chi connectivity index (χ3n) is 2.99. The van der Waals surface area contributed by atoms with Gasteiger partial charge in [-0.05, 0) is 23.8 Å². The number of fused-ring (bicyclic) bond motifs is 1. The summed E-state index contributed by atoms with van der Waals surface area (Å²) in [4.78, 5) is 19.4. The van der Waals surface area contributed by atoms with Crippen molar-refractivity contribution in [3.05, 3.63) is 66.0 Å². The maximum Gasteiger partial charge on any atom is 0.358 e. The topological polar surface area (TPSA) is 72.3 Å². The molecular formula is C16H12N2O3. The van der Waals surface area contributed by atoms with Crippen LogP contribution >= 0.6 is 0 Å². The fourth-order valence-corrected chi connectivity index (χ4v) is 1.98. The van der Waals surface area contributed by atoms with E-state index in [9.17, 15) is 9.90 Å². The largest absolute Gasteiger partial charge is 0.486 e. The number of carboxylic acids is 1. The van der Waals surface area contributed by atoms with E-state index < -0.39 is 5.97 Å². The normalized spacial score (nSPS) is 10.5. The van der Waals surface area contributed by atoms with Gasteiger partial charge in [0.25, 0.3) is 0 Å². The number of ether oxygens (including phenoxy) is 1. The Morgan fingerprint density at radius 3 is 2.71 bits per heavy atom. The van der Waals surface area contributed by atoms with Crippen molar-refractivity contribution in [2.24, 2.45) is 0 Å². The second-order valence-corrected chi connectivity index (χ2v) is 4.46. The predicted molar refractivity (Wildman–Crippen MR) is 77.3 cm³/mol. The Morgan fingerprint density at radius 2 is 1.95 bits per heavy atom. The first-order valence-electron chi connectivity index (χ1n) is 6.40. The van der Waals surface area contributed by atoms with Gasteiger partial charge in [0.15, 0.2) is 17.1 Å². The van der Waals surface area contributed by atoms with Crippen molar-refractivity contribution in [1.29, 1.82) is 0 Å². The molecule has 3 aromatic rings. The molecule has 2 aromatic heterocycles. The lowest BCUT2D eigenvalue weighted by molar-refractivity contribution is 0.0685. The fraction of sp³-hybridized carbons (Fsp3) is 0.0625. The molecule has 3 rings (SSSR count). The molecule has 0 aliphatic heterocycles. The Kier molecular flexibility index (Phi) is 3.47. The van der Waals surface area contributed by atoms with Crippen LogP contribution in [0.2, 0.25) is 0 Å². The number of benzene rings is 1. The van der Waals surface area contributed by atoms with Gasteiger partial charge in [-0.2, -0.15) is 0 Å². The van der Waals surface area contributed by atoms with Crippen molar-refractivity contribution in [1.82, 2.24) is 9.97 Å². The SMILES string of the molecule is O=C(O)c1nc2ncccc2cc1OCc1ccccc1. The van der Waals surface area contributed by atoms with Gasteiger partial charge in [0.1, 0.15) is 6.61 Å². The number of aromatic carboxylic acids is 1. The van der Waals surface area contributed by atoms with E-state index in [4.69, 9.17) is 4.74 Å². The molecule has 5 nitrogen and oxygen atoms in total. The zero-order chi connectivity index (χ0) is 14.7. The van der Waals surface area contributed by atoms with Crippen molar-refractivity contribution >= 4 is 17.0 Å². The number of pyridine rings is 2. The molecule has 104 valence electrons. The molecule has 0 aliphatic rings. The molecule has 0 bridgehead atoms. The van der Waals surface area contributed by atoms with E-state index in [0.29, 0.717) is 5.65 Å². The van der Waals surface area contributed by atoms with Crippen molar-refractivity contribution in [2.45, 2.75) is 6.61 Å². The molecule has 1 N–H and O–H groups in total. The summed E-state index contributed by atoms with van der Waals surface area (Å²) in [7, 11) is 0. The molecule has 0 radical (unpaired) electrons. The minimum absolute atomic E-state index is 0.128. The monoisotopic (exact) mass is 280 g/mol. The lowest BCUT2D eigenvalue weighted by Gasteiger charge is -2.09. The quantitative estimate of drug-likeness (QED) is 0.795. The molecule has 0 amide bonds. The molecule has 0 fully saturated rings. The van der Waals surface area contributed by atoms with Gasteiger partial charge in [-0.3, -0.25) is 0 Å². The summed E-state index contributed by atoms with van der Waals surface area (Å²) in [6, 6.07) is 14.8. The van der Waals surface area contributed by atoms with Gasteiger partial charge in [-0.15, -0.1) is 0 Å². The maximum absolute atomic E-state index is 11.3. The summed E-state index contributed by atoms with van der Waals surface area (Å²) in [5.74, 6) is -0.891. The Balaban J connectivity index is 1.96. The molecule has 0 unspecified atom stereocenters. The Labute approximate surface area is 120 Å². The molecule has 5 heteroatoms. The minimum Gasteiger partial charge on any atom is -0.486 e. The van der Waals surface area contributed by atoms with Crippen LogP contribution in [0.4, 0.5) is 0 Å². The second-order valence-electron chi connectivity index (χ2n) is 4.46. The average molecular weight is 280 g/mol. The molecular weight excluding hydrogens is 268 g/mol. The minimum atomic E-state index is -1.13. The number of rotatable bonds is 4. The van der Waals surface area contributed by atoms with E-state index in [-0.39, 0.29) is 18.1 Å². The summed E-state index contributed by atoms with van der Waals surface area (Å²) < 4.78 is 5.62. The lowest BCUT2D eigenvalue weighted by Crippen LogP contribution is -2.06. The molecule has 0 aliphatic carbocycles. The van der Waals surface area contributed by atoms with Crippen molar-refractivity contribution in [3.8, 4) is 5.75 Å². The van der Waals surface area contributed by atoms with Crippen molar-refractivity contribution in [2.75, 3.05) is 0 Å². The van der Waals surface area contributed by atoms with Gasteiger partial charge < -0.3 is 9.84 Å². The summed E-state index contributed by atoms with van der Waals surface area (Å²) in [6.45, 7) is 0.286. The Hall–Kier alpha value is -2.95. The lowest BCUT2D eigenvalue weighted by atomic mass is 10.2. The highest BCUT2D eigenvalue weighted by Crippen LogP contribution is 2.23. The van der Waals surface area contributed by atoms with Crippen LogP contribution in [0.5, 0.6) is 5.75 Å². The standard InChI is InChI=1S/C16H12N2O3/c19-16(20)14-13(21-10-11-5-2-1-3-6-11)9-12-7-4-8-17-15(12)18-14/h1-9H,10H2,(H,19,20). The molecule has 0 saturated carbocycles. The van der Waals surface area contributed by atoms with E-state index >= 15 is 0 Å². The van der Waals surface area contributed by atoms with Gasteiger partial charge in [0, 0.05) is 11.6 Å². The van der Waals surface area contributed by atoms with Crippen LogP contribution in [0.3, 0.4) is 0 Å². The molecule has 0 atom stereocenters. The number of hydrogen-bond acceptors (Lipinski definition) is 4. The Bertz CT molecular complexity index is 788. The first kappa shape index (κ1) is 13.1. The highest BCUT2D eigenvalue weighted by atomic mass is 16.5. The zero-order valence-electron chi connectivity index (χ0n) is 11.1. The van der Waals surface area contributed by atoms with Gasteiger partial charge in [-0.1, -0.05) is 30.3 Å². The van der Waals surface area contributed by atoms with Crippen molar-refractivity contribution in [3.63, 3.8) is 0 Å². The first-order chi connectivity index (χ1) is 10.2. The van der Waals surface area contributed by atoms with Crippen molar-refractivity contribution < 1.29 is 14.6 Å². The van der Waals surface area contributed by atoms with Crippen LogP contribution in [0.25, 0.3) is 11.0 Å². The second kappa shape index (κ2) is 5.58. The third kappa shape index (κ3) is 2.81. The van der Waals surface area contributed by atoms with Crippen LogP contribution in [-0.2, 0) is 6.61 Å². The van der Waals surface area contributed by atoms with E-state index in [2.05, 4.69) is 9.97 Å². The number of aromatic nitrogens is 2. The van der Waals surface area contributed by atoms with Gasteiger partial charge in [-0.25, -0.2) is 14.8 Å². The smallest absolute Gasteiger partial charge is 0.358 e. The third-order valence-corrected chi connectivity index (χ3v) is 2.99. The van der Waals surface area contributed by atoms with Gasteiger partial charge >= 0.3 is 5.97 Å². The average Bonchev–Trinajstić information content (AvgIpc) is 2.53. The summed E-state index contributed by atoms with van der Waals surface area (Å²) in [5, 5.41) is 9.99. The van der Waals surface area contributed by atoms with Crippen LogP contribution < -0.4 is 4.74 Å². The molecule has 1 aromatic carbocycles. The predicted octanol–water partition coefficient (Wildman–Crippen LogP) is 2.91. The fourth-order valence-electron chi connectivity index (χ4n) is 1.98. The highest BCUT2D eigenvalue weighted by Gasteiger charge is 2.15. The van der Waals surface area contributed by atoms with E-state index in [1.54, 1.807) is 18.3 Å². The molecule has 2 heterocycles. The first-order valence-corrected chi connectivity index (χ1v) is 6.40.